The number of esters is 1. The van der Waals surface area contributed by atoms with E-state index in [0.717, 1.165) is 180 Å². The summed E-state index contributed by atoms with van der Waals surface area (Å²) < 4.78 is 6.09. The van der Waals surface area contributed by atoms with Gasteiger partial charge < -0.3 is 39.2 Å². The third-order valence-electron chi connectivity index (χ3n) is 27.0. The monoisotopic (exact) mass is 1380 g/mol. The zero-order chi connectivity index (χ0) is 68.8. The van der Waals surface area contributed by atoms with E-state index in [1.54, 1.807) is 11.1 Å². The zero-order valence-electron chi connectivity index (χ0n) is 64.9. The molecular formula is C82H148Cl2N6O6. The number of carboxylic acid groups (broad SMARTS) is 1. The molecule has 6 saturated carbocycles. The Morgan fingerprint density at radius 3 is 1.65 bits per heavy atom. The van der Waals surface area contributed by atoms with Gasteiger partial charge in [-0.3, -0.25) is 19.2 Å². The average molecular weight is 1390 g/mol. The lowest BCUT2D eigenvalue weighted by atomic mass is 9.47. The van der Waals surface area contributed by atoms with E-state index in [4.69, 9.17) is 4.74 Å². The Bertz CT molecular complexity index is 2420. The van der Waals surface area contributed by atoms with Crippen molar-refractivity contribution in [3.63, 3.8) is 0 Å². The molecule has 1 N–H and O–H groups in total. The van der Waals surface area contributed by atoms with Gasteiger partial charge in [-0.1, -0.05) is 131 Å². The van der Waals surface area contributed by atoms with Crippen molar-refractivity contribution in [3.05, 3.63) is 23.3 Å². The van der Waals surface area contributed by atoms with E-state index in [1.165, 1.54) is 103 Å². The van der Waals surface area contributed by atoms with Crippen molar-refractivity contribution < 1.29 is 29.0 Å². The van der Waals surface area contributed by atoms with Crippen LogP contribution in [-0.2, 0) is 23.9 Å². The Hall–Kier alpha value is -2.22. The van der Waals surface area contributed by atoms with Crippen LogP contribution in [0.2, 0.25) is 0 Å². The molecule has 8 aliphatic rings. The van der Waals surface area contributed by atoms with Crippen LogP contribution in [0.5, 0.6) is 0 Å². The molecule has 8 unspecified atom stereocenters. The molecule has 0 heterocycles. The summed E-state index contributed by atoms with van der Waals surface area (Å²) in [5, 5.41) is 10.7. The zero-order valence-corrected chi connectivity index (χ0v) is 66.5. The maximum Gasteiger partial charge on any atom is 0.307 e. The fourth-order valence-electron chi connectivity index (χ4n) is 22.0. The van der Waals surface area contributed by atoms with Crippen LogP contribution in [0.1, 0.15) is 249 Å². The van der Waals surface area contributed by atoms with Crippen LogP contribution in [0.4, 0.5) is 0 Å². The summed E-state index contributed by atoms with van der Waals surface area (Å²) in [7, 11) is 16.5. The highest BCUT2D eigenvalue weighted by Gasteiger charge is 2.60. The van der Waals surface area contributed by atoms with Gasteiger partial charge in [0.15, 0.2) is 0 Å². The van der Waals surface area contributed by atoms with Gasteiger partial charge in [0.25, 0.3) is 0 Å². The maximum atomic E-state index is 14.3. The highest BCUT2D eigenvalue weighted by Crippen LogP contribution is 2.68. The van der Waals surface area contributed by atoms with Gasteiger partial charge in [0.05, 0.1) is 17.8 Å². The lowest BCUT2D eigenvalue weighted by molar-refractivity contribution is -0.160. The Labute approximate surface area is 601 Å². The van der Waals surface area contributed by atoms with Crippen LogP contribution >= 0.6 is 24.8 Å². The normalized spacial score (nSPS) is 30.8. The van der Waals surface area contributed by atoms with Gasteiger partial charge in [-0.2, -0.15) is 0 Å². The summed E-state index contributed by atoms with van der Waals surface area (Å²) in [6, 6.07) is 0. The van der Waals surface area contributed by atoms with E-state index in [-0.39, 0.29) is 72.9 Å². The first-order chi connectivity index (χ1) is 44.5. The van der Waals surface area contributed by atoms with E-state index >= 15 is 0 Å². The van der Waals surface area contributed by atoms with Crippen LogP contribution in [0, 0.1) is 111 Å². The lowest BCUT2D eigenvalue weighted by Gasteiger charge is -2.58. The molecule has 14 heteroatoms. The number of nitrogens with zero attached hydrogens (tertiary/aromatic N) is 6. The van der Waals surface area contributed by atoms with E-state index < -0.39 is 17.3 Å². The number of ether oxygens (including phenoxy) is 1. The van der Waals surface area contributed by atoms with Gasteiger partial charge >= 0.3 is 11.9 Å². The molecule has 96 heavy (non-hydrogen) atoms. The molecule has 556 valence electrons. The molecule has 12 nitrogen and oxygen atoms in total. The molecule has 6 fully saturated rings. The average Bonchev–Trinajstić information content (AvgIpc) is 1.35. The molecule has 8 rings (SSSR count). The molecular weight excluding hydrogens is 1240 g/mol. The summed E-state index contributed by atoms with van der Waals surface area (Å²) >= 11 is 0. The first kappa shape index (κ1) is 84.4. The second kappa shape index (κ2) is 38.9. The standard InChI is InChI=1S/2C41H73N3O3.2ClH/c1-28(2)13-10-14-29(3)32-19-20-37-34(32)21-22-35-33-17-16-31(27-30(33)15-18-36(35)37)38(39(45)46)41(4,5)40(47)44(25-11-23-42(6)7)26-12-24-43(8)9;1-30(2)13-10-14-31(3)35-17-18-36-34-16-15-32-29-33(21-23-40(32,4)37(34)22-24-41(35,36)5)47-39(46)20-19-38(45)44(27-11-25-42(6)7)28-12-26-43(8)9;;/h15,28-29,31-38H,10-14,16-27H2,1-9H3,(H,45,46);15,30-31,33-37H,10-14,16-29H2,1-9H3;2*1H/t29-,31?,32?,33?,34?,35?,36?,37?,38?;31-,33+,34+,35-,36+,37+,40+,41-;;/m11../s1. The lowest BCUT2D eigenvalue weighted by Crippen LogP contribution is -2.51. The Morgan fingerprint density at radius 1 is 0.542 bits per heavy atom. The number of aliphatic carboxylic acids is 1. The number of allylic oxidation sites excluding steroid dienone is 3. The minimum absolute atomic E-state index is 0. The van der Waals surface area contributed by atoms with Crippen LogP contribution in [0.25, 0.3) is 0 Å². The van der Waals surface area contributed by atoms with Gasteiger partial charge in [0.1, 0.15) is 6.10 Å². The molecule has 0 saturated heterocycles. The number of amides is 2. The molecule has 17 atom stereocenters. The van der Waals surface area contributed by atoms with E-state index in [1.807, 2.05) is 23.6 Å². The molecule has 0 aromatic heterocycles. The van der Waals surface area contributed by atoms with Gasteiger partial charge in [-0.25, -0.2) is 0 Å². The van der Waals surface area contributed by atoms with Crippen molar-refractivity contribution in [2.45, 2.75) is 255 Å². The van der Waals surface area contributed by atoms with Crippen molar-refractivity contribution in [1.82, 2.24) is 29.4 Å². The molecule has 0 bridgehead atoms. The van der Waals surface area contributed by atoms with Crippen LogP contribution in [0.15, 0.2) is 23.3 Å². The number of fused-ring (bicyclic) bond motifs is 10. The van der Waals surface area contributed by atoms with Crippen LogP contribution in [-0.4, -0.2) is 173 Å². The quantitative estimate of drug-likeness (QED) is 0.0493. The van der Waals surface area contributed by atoms with Gasteiger partial charge in [-0.15, -0.1) is 24.8 Å². The number of rotatable bonds is 34. The molecule has 0 radical (unpaired) electrons. The molecule has 0 aromatic rings. The van der Waals surface area contributed by atoms with E-state index in [2.05, 4.69) is 144 Å². The first-order valence-electron chi connectivity index (χ1n) is 39.4. The summed E-state index contributed by atoms with van der Waals surface area (Å²) in [5.74, 6) is 10.2. The minimum atomic E-state index is -0.944. The number of carbonyl (C=O) groups excluding carboxylic acids is 3. The molecule has 2 amide bonds. The second-order valence-corrected chi connectivity index (χ2v) is 35.9. The summed E-state index contributed by atoms with van der Waals surface area (Å²) in [4.78, 5) is 66.1. The van der Waals surface area contributed by atoms with Gasteiger partial charge in [-0.05, 0) is 304 Å². The number of carboxylic acids is 1. The fourth-order valence-corrected chi connectivity index (χ4v) is 22.0. The van der Waals surface area contributed by atoms with Crippen molar-refractivity contribution in [1.29, 1.82) is 0 Å². The summed E-state index contributed by atoms with van der Waals surface area (Å²) in [6.07, 6.45) is 37.1. The van der Waals surface area contributed by atoms with Crippen molar-refractivity contribution in [3.8, 4) is 0 Å². The van der Waals surface area contributed by atoms with Crippen molar-refractivity contribution in [2.24, 2.45) is 111 Å². The number of hydrogen-bond donors (Lipinski definition) is 1. The molecule has 0 aliphatic heterocycles. The maximum absolute atomic E-state index is 14.3. The second-order valence-electron chi connectivity index (χ2n) is 35.9. The number of hydrogen-bond acceptors (Lipinski definition) is 9. The highest BCUT2D eigenvalue weighted by molar-refractivity contribution is 5.88. The predicted molar refractivity (Wildman–Crippen MR) is 405 cm³/mol. The van der Waals surface area contributed by atoms with Gasteiger partial charge in [0, 0.05) is 39.0 Å². The third-order valence-corrected chi connectivity index (χ3v) is 27.0. The highest BCUT2D eigenvalue weighted by atomic mass is 35.5. The van der Waals surface area contributed by atoms with Crippen molar-refractivity contribution >= 4 is 48.6 Å². The van der Waals surface area contributed by atoms with E-state index in [0.29, 0.717) is 24.4 Å². The predicted octanol–water partition coefficient (Wildman–Crippen LogP) is 17.6. The molecule has 0 aromatic carbocycles. The van der Waals surface area contributed by atoms with Crippen LogP contribution in [0.3, 0.4) is 0 Å². The minimum Gasteiger partial charge on any atom is -0.481 e. The SMILES string of the molecule is CC(C)CCC[C@@H](C)C1CCC2C3CC=C4CC(C(C(=O)O)C(C)(C)C(=O)N(CCCN(C)C)CCCN(C)C)CCC4C3CCC21.CC(C)CCC[C@@H](C)[C@H]1CC[C@H]2[C@@H]3CC=C4C[C@@H](OC(=O)CCC(=O)N(CCCN(C)C)CCCN(C)C)CC[C@]4(C)[C@H]3CC[C@]12C.Cl.Cl. The van der Waals surface area contributed by atoms with Gasteiger partial charge in [0.2, 0.25) is 11.8 Å². The third kappa shape index (κ3) is 22.2. The fraction of sp³-hybridized carbons (Fsp3) is 0.902. The Kier molecular flexibility index (Phi) is 34.2. The smallest absolute Gasteiger partial charge is 0.307 e. The molecule has 8 aliphatic carbocycles. The van der Waals surface area contributed by atoms with Crippen molar-refractivity contribution in [2.75, 3.05) is 109 Å². The molecule has 0 spiro atoms. The Morgan fingerprint density at radius 2 is 1.08 bits per heavy atom. The topological polar surface area (TPSA) is 117 Å². The summed E-state index contributed by atoms with van der Waals surface area (Å²) in [6.45, 7) is 30.2. The Balaban J connectivity index is 0.000000340. The summed E-state index contributed by atoms with van der Waals surface area (Å²) in [5.41, 5.74) is 2.93. The first-order valence-corrected chi connectivity index (χ1v) is 39.4. The van der Waals surface area contributed by atoms with E-state index in [9.17, 15) is 24.3 Å². The van der Waals surface area contributed by atoms with Crippen LogP contribution < -0.4 is 0 Å². The number of carbonyl (C=O) groups is 4. The largest absolute Gasteiger partial charge is 0.481 e. The number of halogens is 2.